The smallest absolute Gasteiger partial charge is 0.407 e. The zero-order chi connectivity index (χ0) is 30.3. The van der Waals surface area contributed by atoms with Gasteiger partial charge in [-0.2, -0.15) is 0 Å². The van der Waals surface area contributed by atoms with Crippen LogP contribution in [0.15, 0.2) is 78.9 Å². The summed E-state index contributed by atoms with van der Waals surface area (Å²) in [7, 11) is 0. The number of carbonyl (C=O) groups is 4. The van der Waals surface area contributed by atoms with Crippen LogP contribution >= 0.6 is 0 Å². The van der Waals surface area contributed by atoms with Gasteiger partial charge in [-0.3, -0.25) is 9.59 Å². The maximum absolute atomic E-state index is 13.3. The van der Waals surface area contributed by atoms with Crippen LogP contribution in [0.3, 0.4) is 0 Å². The van der Waals surface area contributed by atoms with Crippen LogP contribution in [0.1, 0.15) is 56.2 Å². The fourth-order valence-corrected chi connectivity index (χ4v) is 5.03. The highest BCUT2D eigenvalue weighted by molar-refractivity contribution is 5.89. The normalized spacial score (nSPS) is 13.7. The van der Waals surface area contributed by atoms with Crippen LogP contribution in [0.25, 0.3) is 11.1 Å². The molecule has 0 saturated heterocycles. The van der Waals surface area contributed by atoms with Gasteiger partial charge in [0.1, 0.15) is 24.3 Å². The van der Waals surface area contributed by atoms with Gasteiger partial charge in [0.25, 0.3) is 0 Å². The number of fused-ring (bicyclic) bond motifs is 3. The van der Waals surface area contributed by atoms with Crippen molar-refractivity contribution in [3.05, 3.63) is 95.6 Å². The average molecular weight is 573 g/mol. The molecular formula is C33H36N2O7. The number of carboxylic acids is 1. The highest BCUT2D eigenvalue weighted by Crippen LogP contribution is 2.44. The summed E-state index contributed by atoms with van der Waals surface area (Å²) in [6, 6.07) is 22.5. The topological polar surface area (TPSA) is 131 Å². The Morgan fingerprint density at radius 1 is 0.810 bits per heavy atom. The summed E-state index contributed by atoms with van der Waals surface area (Å²) in [5.74, 6) is -2.73. The fraction of sp³-hybridized carbons (Fsp3) is 0.333. The van der Waals surface area contributed by atoms with Crippen LogP contribution in [0.2, 0.25) is 0 Å². The molecule has 220 valence electrons. The van der Waals surface area contributed by atoms with Gasteiger partial charge in [-0.05, 0) is 55.0 Å². The number of nitrogens with one attached hydrogen (secondary N) is 2. The second kappa shape index (κ2) is 13.3. The third-order valence-electron chi connectivity index (χ3n) is 6.91. The van der Waals surface area contributed by atoms with Gasteiger partial charge in [-0.15, -0.1) is 0 Å². The average Bonchev–Trinajstić information content (AvgIpc) is 3.26. The van der Waals surface area contributed by atoms with Crippen molar-refractivity contribution in [2.45, 2.75) is 63.6 Å². The third-order valence-corrected chi connectivity index (χ3v) is 6.91. The number of esters is 1. The van der Waals surface area contributed by atoms with Gasteiger partial charge >= 0.3 is 18.0 Å². The molecule has 1 aliphatic carbocycles. The quantitative estimate of drug-likeness (QED) is 0.281. The minimum Gasteiger partial charge on any atom is -0.480 e. The van der Waals surface area contributed by atoms with Crippen molar-refractivity contribution in [3.63, 3.8) is 0 Å². The predicted molar refractivity (Wildman–Crippen MR) is 157 cm³/mol. The van der Waals surface area contributed by atoms with E-state index in [1.807, 2.05) is 54.6 Å². The molecule has 0 unspecified atom stereocenters. The number of alkyl carbamates (subject to hydrolysis) is 1. The molecule has 0 bridgehead atoms. The SMILES string of the molecule is CC(C)(C)OC(=O)CC[C@H](NC(=O)[C@H](Cc1ccccc1)NC(=O)OCC1c2ccccc2-c2ccccc21)C(=O)O. The molecule has 4 rings (SSSR count). The second-order valence-corrected chi connectivity index (χ2v) is 11.2. The Morgan fingerprint density at radius 2 is 1.38 bits per heavy atom. The molecule has 0 spiro atoms. The van der Waals surface area contributed by atoms with E-state index < -0.39 is 41.6 Å². The van der Waals surface area contributed by atoms with E-state index in [0.29, 0.717) is 0 Å². The van der Waals surface area contributed by atoms with E-state index >= 15 is 0 Å². The fourth-order valence-electron chi connectivity index (χ4n) is 5.03. The lowest BCUT2D eigenvalue weighted by molar-refractivity contribution is -0.155. The van der Waals surface area contributed by atoms with Gasteiger partial charge in [0.05, 0.1) is 0 Å². The van der Waals surface area contributed by atoms with Crippen molar-refractivity contribution in [2.75, 3.05) is 6.61 Å². The minimum absolute atomic E-state index is 0.0627. The van der Waals surface area contributed by atoms with Crippen molar-refractivity contribution in [1.82, 2.24) is 10.6 Å². The Hall–Kier alpha value is -4.66. The predicted octanol–water partition coefficient (Wildman–Crippen LogP) is 4.83. The Labute approximate surface area is 245 Å². The van der Waals surface area contributed by atoms with E-state index in [2.05, 4.69) is 10.6 Å². The monoisotopic (exact) mass is 572 g/mol. The van der Waals surface area contributed by atoms with E-state index in [-0.39, 0.29) is 31.8 Å². The third kappa shape index (κ3) is 7.96. The summed E-state index contributed by atoms with van der Waals surface area (Å²) in [5, 5.41) is 14.8. The molecule has 0 heterocycles. The first-order valence-electron chi connectivity index (χ1n) is 13.9. The number of hydrogen-bond acceptors (Lipinski definition) is 6. The highest BCUT2D eigenvalue weighted by Gasteiger charge is 2.31. The highest BCUT2D eigenvalue weighted by atomic mass is 16.6. The Kier molecular flexibility index (Phi) is 9.62. The van der Waals surface area contributed by atoms with Crippen LogP contribution < -0.4 is 10.6 Å². The Balaban J connectivity index is 1.43. The molecule has 3 aromatic rings. The number of aliphatic carboxylic acids is 1. The summed E-state index contributed by atoms with van der Waals surface area (Å²) in [5.41, 5.74) is 4.34. The van der Waals surface area contributed by atoms with Crippen LogP contribution in [0.5, 0.6) is 0 Å². The molecule has 2 amide bonds. The number of carboxylic acid groups (broad SMARTS) is 1. The summed E-state index contributed by atoms with van der Waals surface area (Å²) in [4.78, 5) is 50.3. The standard InChI is InChI=1S/C33H36N2O7/c1-33(2,3)42-29(36)18-17-27(31(38)39)34-30(37)28(19-21-11-5-4-6-12-21)35-32(40)41-20-26-24-15-9-7-13-22(24)23-14-8-10-16-25(23)26/h4-16,26-28H,17-20H2,1-3H3,(H,34,37)(H,35,40)(H,38,39)/t27-,28-/m0/s1. The van der Waals surface area contributed by atoms with Crippen LogP contribution in [-0.2, 0) is 30.3 Å². The number of carbonyl (C=O) groups excluding carboxylic acids is 3. The molecule has 0 aliphatic heterocycles. The molecule has 9 heteroatoms. The molecule has 42 heavy (non-hydrogen) atoms. The molecule has 3 N–H and O–H groups in total. The van der Waals surface area contributed by atoms with Gasteiger partial charge in [-0.25, -0.2) is 9.59 Å². The first-order valence-corrected chi connectivity index (χ1v) is 13.9. The first kappa shape index (κ1) is 30.3. The molecule has 2 atom stereocenters. The summed E-state index contributed by atoms with van der Waals surface area (Å²) in [6.45, 7) is 5.20. The van der Waals surface area contributed by atoms with Crippen molar-refractivity contribution in [3.8, 4) is 11.1 Å². The number of rotatable bonds is 11. The maximum atomic E-state index is 13.3. The molecule has 0 radical (unpaired) electrons. The largest absolute Gasteiger partial charge is 0.480 e. The van der Waals surface area contributed by atoms with Gasteiger partial charge < -0.3 is 25.2 Å². The lowest BCUT2D eigenvalue weighted by Gasteiger charge is -2.23. The summed E-state index contributed by atoms with van der Waals surface area (Å²) < 4.78 is 10.9. The number of amides is 2. The number of hydrogen-bond donors (Lipinski definition) is 3. The lowest BCUT2D eigenvalue weighted by atomic mass is 9.98. The maximum Gasteiger partial charge on any atom is 0.407 e. The molecule has 0 saturated carbocycles. The first-order chi connectivity index (χ1) is 20.0. The lowest BCUT2D eigenvalue weighted by Crippen LogP contribution is -2.52. The van der Waals surface area contributed by atoms with Gasteiger partial charge in [0.15, 0.2) is 0 Å². The number of ether oxygens (including phenoxy) is 2. The van der Waals surface area contributed by atoms with Crippen molar-refractivity contribution in [1.29, 1.82) is 0 Å². The minimum atomic E-state index is -1.35. The van der Waals surface area contributed by atoms with E-state index in [9.17, 15) is 24.3 Å². The van der Waals surface area contributed by atoms with Crippen molar-refractivity contribution >= 4 is 23.9 Å². The van der Waals surface area contributed by atoms with E-state index in [4.69, 9.17) is 9.47 Å². The molecular weight excluding hydrogens is 536 g/mol. The summed E-state index contributed by atoms with van der Waals surface area (Å²) in [6.07, 6.45) is -1.06. The summed E-state index contributed by atoms with van der Waals surface area (Å²) >= 11 is 0. The zero-order valence-corrected chi connectivity index (χ0v) is 24.0. The van der Waals surface area contributed by atoms with Crippen molar-refractivity contribution < 1.29 is 33.8 Å². The Bertz CT molecular complexity index is 1390. The Morgan fingerprint density at radius 3 is 1.95 bits per heavy atom. The van der Waals surface area contributed by atoms with Gasteiger partial charge in [-0.1, -0.05) is 78.9 Å². The van der Waals surface area contributed by atoms with E-state index in [0.717, 1.165) is 27.8 Å². The molecule has 3 aromatic carbocycles. The van der Waals surface area contributed by atoms with Gasteiger partial charge in [0.2, 0.25) is 5.91 Å². The van der Waals surface area contributed by atoms with Crippen LogP contribution in [0.4, 0.5) is 4.79 Å². The molecule has 0 fully saturated rings. The molecule has 9 nitrogen and oxygen atoms in total. The number of benzene rings is 3. The molecule has 1 aliphatic rings. The van der Waals surface area contributed by atoms with Gasteiger partial charge in [0, 0.05) is 18.8 Å². The van der Waals surface area contributed by atoms with E-state index in [1.54, 1.807) is 45.0 Å². The zero-order valence-electron chi connectivity index (χ0n) is 24.0. The van der Waals surface area contributed by atoms with E-state index in [1.165, 1.54) is 0 Å². The second-order valence-electron chi connectivity index (χ2n) is 11.2. The van der Waals surface area contributed by atoms with Crippen molar-refractivity contribution in [2.24, 2.45) is 0 Å². The van der Waals surface area contributed by atoms with Crippen LogP contribution in [0, 0.1) is 0 Å². The van der Waals surface area contributed by atoms with Crippen LogP contribution in [-0.4, -0.2) is 53.3 Å². The molecule has 0 aromatic heterocycles.